The Kier molecular flexibility index (Phi) is 12.8. The first-order valence-electron chi connectivity index (χ1n) is 11.9. The van der Waals surface area contributed by atoms with Crippen molar-refractivity contribution in [2.75, 3.05) is 0 Å². The highest BCUT2D eigenvalue weighted by Gasteiger charge is 2.34. The number of carbonyl (C=O) groups excluding carboxylic acids is 4. The van der Waals surface area contributed by atoms with Gasteiger partial charge in [0.25, 0.3) is 5.78 Å². The molecule has 0 aromatic heterocycles. The number of amides is 3. The predicted molar refractivity (Wildman–Crippen MR) is 138 cm³/mol. The van der Waals surface area contributed by atoms with Crippen molar-refractivity contribution in [1.29, 1.82) is 0 Å². The van der Waals surface area contributed by atoms with Crippen LogP contribution in [-0.2, 0) is 30.3 Å². The molecule has 0 aliphatic carbocycles. The number of halogens is 3. The molecule has 10 nitrogen and oxygen atoms in total. The summed E-state index contributed by atoms with van der Waals surface area (Å²) in [7, 11) is 0. The minimum Gasteiger partial charge on any atom is -0.475 e. The van der Waals surface area contributed by atoms with Gasteiger partial charge >= 0.3 is 12.1 Å². The van der Waals surface area contributed by atoms with Crippen molar-refractivity contribution in [2.24, 2.45) is 5.92 Å². The monoisotopic (exact) mass is 605 g/mol. The number of hydrogen-bond donors (Lipinski definition) is 4. The van der Waals surface area contributed by atoms with Crippen LogP contribution in [0.15, 0.2) is 28.7 Å². The summed E-state index contributed by atoms with van der Waals surface area (Å²) in [5, 5.41) is 15.9. The molecule has 0 heterocycles. The van der Waals surface area contributed by atoms with E-state index in [-0.39, 0.29) is 18.8 Å². The first-order chi connectivity index (χ1) is 17.5. The minimum atomic E-state index is -3.06. The Balaban J connectivity index is 3.19. The number of alkyl halides is 2. The molecule has 0 saturated carbocycles. The van der Waals surface area contributed by atoms with Gasteiger partial charge in [0, 0.05) is 17.3 Å². The van der Waals surface area contributed by atoms with Crippen LogP contribution >= 0.6 is 15.9 Å². The fraction of sp³-hybridized carbons (Fsp3) is 0.560. The third kappa shape index (κ3) is 12.4. The molecule has 3 amide bonds. The van der Waals surface area contributed by atoms with Gasteiger partial charge in [0.05, 0.1) is 0 Å². The molecular formula is C25H34BrF2N3O7. The van der Waals surface area contributed by atoms with Crippen molar-refractivity contribution in [3.8, 4) is 0 Å². The van der Waals surface area contributed by atoms with Crippen molar-refractivity contribution in [2.45, 2.75) is 84.0 Å². The predicted octanol–water partition coefficient (Wildman–Crippen LogP) is 3.21. The summed E-state index contributed by atoms with van der Waals surface area (Å²) in [6.45, 7) is 8.42. The van der Waals surface area contributed by atoms with Gasteiger partial charge in [-0.3, -0.25) is 14.4 Å². The van der Waals surface area contributed by atoms with Crippen LogP contribution in [0.4, 0.5) is 13.6 Å². The lowest BCUT2D eigenvalue weighted by Crippen LogP contribution is -2.57. The number of alkyl carbamates (subject to hydrolysis) is 1. The summed E-state index contributed by atoms with van der Waals surface area (Å²) >= 11 is 3.34. The lowest BCUT2D eigenvalue weighted by Gasteiger charge is -2.27. The van der Waals surface area contributed by atoms with Crippen molar-refractivity contribution >= 4 is 45.6 Å². The van der Waals surface area contributed by atoms with E-state index in [9.17, 15) is 32.8 Å². The van der Waals surface area contributed by atoms with Crippen molar-refractivity contribution < 1.29 is 42.6 Å². The lowest BCUT2D eigenvalue weighted by atomic mass is 10.00. The van der Waals surface area contributed by atoms with Gasteiger partial charge in [0.15, 0.2) is 0 Å². The first-order valence-corrected chi connectivity index (χ1v) is 12.7. The molecule has 0 aliphatic heterocycles. The van der Waals surface area contributed by atoms with Gasteiger partial charge in [-0.25, -0.2) is 18.4 Å². The van der Waals surface area contributed by atoms with Gasteiger partial charge in [0.2, 0.25) is 18.2 Å². The second kappa shape index (κ2) is 14.7. The van der Waals surface area contributed by atoms with Crippen LogP contribution in [0.3, 0.4) is 0 Å². The molecule has 0 fully saturated rings. The quantitative estimate of drug-likeness (QED) is 0.252. The van der Waals surface area contributed by atoms with Crippen LogP contribution < -0.4 is 16.0 Å². The zero-order valence-electron chi connectivity index (χ0n) is 21.8. The number of carbonyl (C=O) groups is 5. The van der Waals surface area contributed by atoms with Gasteiger partial charge < -0.3 is 25.8 Å². The third-order valence-electron chi connectivity index (χ3n) is 4.93. The summed E-state index contributed by atoms with van der Waals surface area (Å²) in [5.41, 5.74) is -0.179. The number of ketones is 1. The number of benzene rings is 1. The molecule has 13 heteroatoms. The number of hydrogen-bond acceptors (Lipinski definition) is 6. The van der Waals surface area contributed by atoms with E-state index in [1.807, 2.05) is 5.32 Å². The second-order valence-electron chi connectivity index (χ2n) is 10.1. The highest BCUT2D eigenvalue weighted by Crippen LogP contribution is 2.15. The maximum atomic E-state index is 13.3. The largest absolute Gasteiger partial charge is 0.475 e. The number of nitrogens with one attached hydrogen (secondary N) is 3. The van der Waals surface area contributed by atoms with Crippen LogP contribution in [0, 0.1) is 5.92 Å². The first kappa shape index (κ1) is 32.9. The van der Waals surface area contributed by atoms with E-state index in [2.05, 4.69) is 26.6 Å². The van der Waals surface area contributed by atoms with E-state index in [4.69, 9.17) is 9.84 Å². The Labute approximate surface area is 228 Å². The SMILES string of the molecule is CC(C)C[C@H](NC(=O)[C@H](Cc1cccc(Br)c1)NC(=O)OC(C)(C)C)C(=O)NC(CC(F)F)C(=O)C(=O)O. The number of ether oxygens (including phenoxy) is 1. The fourth-order valence-corrected chi connectivity index (χ4v) is 3.81. The van der Waals surface area contributed by atoms with Crippen molar-refractivity contribution in [3.05, 3.63) is 34.3 Å². The van der Waals surface area contributed by atoms with Gasteiger partial charge in [-0.15, -0.1) is 0 Å². The Hall–Kier alpha value is -3.09. The van der Waals surface area contributed by atoms with Gasteiger partial charge in [0.1, 0.15) is 23.7 Å². The summed E-state index contributed by atoms with van der Waals surface area (Å²) in [6, 6.07) is 2.49. The molecule has 1 aromatic rings. The van der Waals surface area contributed by atoms with Crippen LogP contribution in [0.1, 0.15) is 53.0 Å². The number of aliphatic carboxylic acids is 1. The molecule has 4 N–H and O–H groups in total. The highest BCUT2D eigenvalue weighted by atomic mass is 79.9. The molecule has 0 bridgehead atoms. The third-order valence-corrected chi connectivity index (χ3v) is 5.43. The highest BCUT2D eigenvalue weighted by molar-refractivity contribution is 9.10. The molecule has 3 atom stereocenters. The lowest BCUT2D eigenvalue weighted by molar-refractivity contribution is -0.151. The standard InChI is InChI=1S/C25H34BrF2N3O7/c1-13(2)9-17(21(33)29-16(12-19(27)28)20(32)23(35)36)30-22(34)18(31-24(37)38-25(3,4)5)11-14-7-6-8-15(26)10-14/h6-8,10,13,16-19H,9,11-12H2,1-5H3,(H,29,33)(H,30,34)(H,31,37)(H,35,36)/t16?,17-,18-/m0/s1. The maximum Gasteiger partial charge on any atom is 0.408 e. The van der Waals surface area contributed by atoms with Gasteiger partial charge in [-0.05, 0) is 50.8 Å². The summed E-state index contributed by atoms with van der Waals surface area (Å²) < 4.78 is 31.9. The minimum absolute atomic E-state index is 0.0199. The zero-order valence-corrected chi connectivity index (χ0v) is 23.4. The molecule has 212 valence electrons. The maximum absolute atomic E-state index is 13.3. The van der Waals surface area contributed by atoms with Crippen molar-refractivity contribution in [3.63, 3.8) is 0 Å². The topological polar surface area (TPSA) is 151 Å². The van der Waals surface area contributed by atoms with E-state index in [1.165, 1.54) is 0 Å². The molecule has 1 rings (SSSR count). The van der Waals surface area contributed by atoms with Crippen LogP contribution in [0.25, 0.3) is 0 Å². The number of rotatable bonds is 13. The zero-order chi connectivity index (χ0) is 29.2. The van der Waals surface area contributed by atoms with Crippen LogP contribution in [-0.4, -0.2) is 64.9 Å². The van der Waals surface area contributed by atoms with E-state index < -0.39 is 66.2 Å². The number of carboxylic acids is 1. The fourth-order valence-electron chi connectivity index (χ4n) is 3.37. The molecular weight excluding hydrogens is 572 g/mol. The Morgan fingerprint density at radius 2 is 1.53 bits per heavy atom. The average molecular weight is 606 g/mol. The summed E-state index contributed by atoms with van der Waals surface area (Å²) in [6.07, 6.45) is -5.08. The van der Waals surface area contributed by atoms with E-state index >= 15 is 0 Å². The van der Waals surface area contributed by atoms with Crippen LogP contribution in [0.2, 0.25) is 0 Å². The smallest absolute Gasteiger partial charge is 0.408 e. The van der Waals surface area contributed by atoms with Crippen LogP contribution in [0.5, 0.6) is 0 Å². The molecule has 1 unspecified atom stereocenters. The molecule has 0 saturated heterocycles. The number of carboxylic acid groups (broad SMARTS) is 1. The van der Waals surface area contributed by atoms with Gasteiger partial charge in [-0.1, -0.05) is 41.9 Å². The summed E-state index contributed by atoms with van der Waals surface area (Å²) in [4.78, 5) is 61.6. The average Bonchev–Trinajstić information content (AvgIpc) is 2.75. The number of Topliss-reactive ketones (excluding diaryl/α,β-unsaturated/α-hetero) is 1. The van der Waals surface area contributed by atoms with E-state index in [0.717, 1.165) is 4.47 Å². The molecule has 1 aromatic carbocycles. The second-order valence-corrected chi connectivity index (χ2v) is 11.0. The molecule has 0 radical (unpaired) electrons. The van der Waals surface area contributed by atoms with Crippen molar-refractivity contribution in [1.82, 2.24) is 16.0 Å². The van der Waals surface area contributed by atoms with Gasteiger partial charge in [-0.2, -0.15) is 0 Å². The molecule has 38 heavy (non-hydrogen) atoms. The van der Waals surface area contributed by atoms with E-state index in [0.29, 0.717) is 5.56 Å². The molecule has 0 aliphatic rings. The normalized spacial score (nSPS) is 13.8. The Morgan fingerprint density at radius 1 is 0.947 bits per heavy atom. The Bertz CT molecular complexity index is 1010. The molecule has 0 spiro atoms. The summed E-state index contributed by atoms with van der Waals surface area (Å²) in [5.74, 6) is -5.53. The van der Waals surface area contributed by atoms with E-state index in [1.54, 1.807) is 58.9 Å². The Morgan fingerprint density at radius 3 is 2.03 bits per heavy atom.